The first kappa shape index (κ1) is 60.4. The van der Waals surface area contributed by atoms with Gasteiger partial charge in [0.1, 0.15) is 47.8 Å². The summed E-state index contributed by atoms with van der Waals surface area (Å²) in [6, 6.07) is 2.19. The van der Waals surface area contributed by atoms with Gasteiger partial charge in [-0.1, -0.05) is 83.9 Å². The molecular weight excluding hydrogens is 1020 g/mol. The molecule has 0 aliphatic carbocycles. The number of nitrogens with zero attached hydrogens (tertiary/aromatic N) is 4. The van der Waals surface area contributed by atoms with E-state index in [9.17, 15) is 57.9 Å². The standard InChI is InChI=1S/C42H70N7O18P3S/c1-5-6-13-16-29-23-28(2)30(64-29)17-14-11-9-7-8-10-12-15-18-33(51)71-22-21-44-32(50)19-20-45-40(54)37(53)42(3,4)25-63-70(60,61)67-69(58,59)62-24-31-36(66-68(55,56)57)35(52)41(65-31)49-27-48-34-38(43)46-26-47-39(34)49/h23,26-27,31,35-37,41,52-53H,5-22,24-25H2,1-4H3,(H,44,50)(H,45,54)(H,58,59)(H,60,61)(H2,43,46,47)(H2,55,56,57). The highest BCUT2D eigenvalue weighted by atomic mass is 32.2. The lowest BCUT2D eigenvalue weighted by atomic mass is 9.87. The first-order chi connectivity index (χ1) is 33.4. The molecule has 7 atom stereocenters. The second-order valence-corrected chi connectivity index (χ2v) is 23.3. The van der Waals surface area contributed by atoms with Crippen LogP contribution in [0.25, 0.3) is 11.2 Å². The minimum absolute atomic E-state index is 0.0318. The predicted octanol–water partition coefficient (Wildman–Crippen LogP) is 5.05. The van der Waals surface area contributed by atoms with Gasteiger partial charge >= 0.3 is 23.5 Å². The van der Waals surface area contributed by atoms with Crippen molar-refractivity contribution in [3.8, 4) is 0 Å². The van der Waals surface area contributed by atoms with Gasteiger partial charge in [0.2, 0.25) is 11.8 Å². The number of furan rings is 1. The summed E-state index contributed by atoms with van der Waals surface area (Å²) in [5.74, 6) is 1.18. The van der Waals surface area contributed by atoms with Crippen molar-refractivity contribution in [2.75, 3.05) is 37.8 Å². The van der Waals surface area contributed by atoms with Crippen LogP contribution in [-0.2, 0) is 63.5 Å². The summed E-state index contributed by atoms with van der Waals surface area (Å²) >= 11 is 1.15. The fourth-order valence-corrected chi connectivity index (χ4v) is 11.0. The van der Waals surface area contributed by atoms with Crippen LogP contribution in [0.5, 0.6) is 0 Å². The number of aryl methyl sites for hydroxylation is 3. The number of rotatable bonds is 34. The normalized spacial score (nSPS) is 19.6. The largest absolute Gasteiger partial charge is 0.481 e. The summed E-state index contributed by atoms with van der Waals surface area (Å²) in [6.07, 6.45) is 7.82. The van der Waals surface area contributed by atoms with Crippen LogP contribution in [-0.4, -0.2) is 123 Å². The number of hydrogen-bond acceptors (Lipinski definition) is 19. The van der Waals surface area contributed by atoms with Crippen LogP contribution in [0.15, 0.2) is 23.1 Å². The first-order valence-electron chi connectivity index (χ1n) is 23.5. The third-order valence-corrected chi connectivity index (χ3v) is 15.4. The number of amides is 2. The van der Waals surface area contributed by atoms with E-state index >= 15 is 0 Å². The van der Waals surface area contributed by atoms with Crippen molar-refractivity contribution < 1.29 is 84.9 Å². The Morgan fingerprint density at radius 3 is 2.25 bits per heavy atom. The van der Waals surface area contributed by atoms with Gasteiger partial charge in [0, 0.05) is 49.9 Å². The van der Waals surface area contributed by atoms with Crippen LogP contribution < -0.4 is 16.4 Å². The molecular formula is C42H70N7O18P3S. The maximum atomic E-state index is 12.8. The average molecular weight is 1090 g/mol. The summed E-state index contributed by atoms with van der Waals surface area (Å²) < 4.78 is 68.6. The van der Waals surface area contributed by atoms with E-state index in [0.717, 1.165) is 85.4 Å². The number of nitrogens with one attached hydrogen (secondary N) is 2. The molecule has 10 N–H and O–H groups in total. The molecule has 0 bridgehead atoms. The maximum Gasteiger partial charge on any atom is 0.481 e. The number of imidazole rings is 1. The van der Waals surface area contributed by atoms with Crippen LogP contribution in [0, 0.1) is 12.3 Å². The summed E-state index contributed by atoms with van der Waals surface area (Å²) in [5.41, 5.74) is 5.54. The fraction of sp³-hybridized carbons (Fsp3) is 0.714. The van der Waals surface area contributed by atoms with E-state index in [-0.39, 0.29) is 41.6 Å². The molecule has 0 radical (unpaired) electrons. The minimum Gasteiger partial charge on any atom is -0.466 e. The van der Waals surface area contributed by atoms with Gasteiger partial charge in [0.25, 0.3) is 0 Å². The molecule has 3 aromatic rings. The number of phosphoric ester groups is 3. The van der Waals surface area contributed by atoms with Gasteiger partial charge < -0.3 is 55.3 Å². The maximum absolute atomic E-state index is 12.8. The molecule has 29 heteroatoms. The highest BCUT2D eigenvalue weighted by molar-refractivity contribution is 8.13. The van der Waals surface area contributed by atoms with Crippen LogP contribution in [0.2, 0.25) is 0 Å². The molecule has 1 fully saturated rings. The Morgan fingerprint density at radius 2 is 1.56 bits per heavy atom. The zero-order chi connectivity index (χ0) is 52.4. The third kappa shape index (κ3) is 20.6. The number of aliphatic hydroxyl groups is 2. The van der Waals surface area contributed by atoms with Gasteiger partial charge in [0.05, 0.1) is 19.5 Å². The van der Waals surface area contributed by atoms with Crippen molar-refractivity contribution in [2.45, 2.75) is 155 Å². The van der Waals surface area contributed by atoms with Crippen molar-refractivity contribution in [2.24, 2.45) is 5.41 Å². The molecule has 4 rings (SSSR count). The number of fused-ring (bicyclic) bond motifs is 1. The lowest BCUT2D eigenvalue weighted by molar-refractivity contribution is -0.137. The van der Waals surface area contributed by atoms with E-state index < -0.39 is 84.6 Å². The first-order valence-corrected chi connectivity index (χ1v) is 29.1. The lowest BCUT2D eigenvalue weighted by Gasteiger charge is -2.30. The smallest absolute Gasteiger partial charge is 0.466 e. The summed E-state index contributed by atoms with van der Waals surface area (Å²) in [4.78, 5) is 88.6. The quantitative estimate of drug-likeness (QED) is 0.0279. The van der Waals surface area contributed by atoms with Gasteiger partial charge in [-0.3, -0.25) is 32.5 Å². The number of thioether (sulfide) groups is 1. The number of aromatic nitrogens is 4. The molecule has 7 unspecified atom stereocenters. The molecule has 1 aliphatic rings. The van der Waals surface area contributed by atoms with Crippen molar-refractivity contribution in [3.63, 3.8) is 0 Å². The van der Waals surface area contributed by atoms with E-state index in [1.54, 1.807) is 0 Å². The van der Waals surface area contributed by atoms with Gasteiger partial charge in [-0.15, -0.1) is 0 Å². The SMILES string of the molecule is CCCCCc1cc(C)c(CCCCCCCCCCC(=O)SCCNC(=O)CCNC(=O)C(O)C(C)(C)COP(=O)(O)OP(=O)(O)OCC2OC(n3cnc4c(N)ncnc43)C(O)C2OP(=O)(O)O)o1. The number of aliphatic hydroxyl groups excluding tert-OH is 2. The number of ether oxygens (including phenoxy) is 1. The van der Waals surface area contributed by atoms with E-state index in [4.69, 9.17) is 23.9 Å². The number of nitrogen functional groups attached to an aromatic ring is 1. The number of carbonyl (C=O) groups is 3. The minimum atomic E-state index is -5.58. The molecule has 25 nitrogen and oxygen atoms in total. The van der Waals surface area contributed by atoms with Crippen LogP contribution in [0.3, 0.4) is 0 Å². The summed E-state index contributed by atoms with van der Waals surface area (Å²) in [7, 11) is -16.4. The Hall–Kier alpha value is -3.16. The van der Waals surface area contributed by atoms with Crippen LogP contribution >= 0.6 is 35.2 Å². The van der Waals surface area contributed by atoms with Crippen molar-refractivity contribution in [1.82, 2.24) is 30.2 Å². The highest BCUT2D eigenvalue weighted by Gasteiger charge is 2.50. The van der Waals surface area contributed by atoms with E-state index in [1.807, 2.05) is 0 Å². The highest BCUT2D eigenvalue weighted by Crippen LogP contribution is 2.61. The third-order valence-electron chi connectivity index (χ3n) is 11.4. The molecule has 3 aromatic heterocycles. The Labute approximate surface area is 416 Å². The summed E-state index contributed by atoms with van der Waals surface area (Å²) in [5, 5.41) is 26.7. The number of hydrogen-bond donors (Lipinski definition) is 9. The van der Waals surface area contributed by atoms with Gasteiger partial charge in [-0.25, -0.2) is 28.6 Å². The molecule has 0 spiro atoms. The van der Waals surface area contributed by atoms with Crippen molar-refractivity contribution >= 4 is 69.1 Å². The number of nitrogens with two attached hydrogens (primary N) is 1. The zero-order valence-electron chi connectivity index (χ0n) is 40.5. The Bertz CT molecular complexity index is 2330. The van der Waals surface area contributed by atoms with Crippen molar-refractivity contribution in [1.29, 1.82) is 0 Å². The number of phosphoric acid groups is 3. The number of anilines is 1. The summed E-state index contributed by atoms with van der Waals surface area (Å²) in [6.45, 7) is 4.88. The Kier molecular flexibility index (Phi) is 24.2. The van der Waals surface area contributed by atoms with Crippen LogP contribution in [0.4, 0.5) is 5.82 Å². The molecule has 0 aromatic carbocycles. The second kappa shape index (κ2) is 28.5. The van der Waals surface area contributed by atoms with Gasteiger partial charge in [-0.2, -0.15) is 4.31 Å². The fourth-order valence-electron chi connectivity index (χ4n) is 7.49. The molecule has 4 heterocycles. The Morgan fingerprint density at radius 1 is 0.901 bits per heavy atom. The number of carbonyl (C=O) groups excluding carboxylic acids is 3. The van der Waals surface area contributed by atoms with Crippen molar-refractivity contribution in [3.05, 3.63) is 35.8 Å². The molecule has 0 saturated carbocycles. The predicted molar refractivity (Wildman–Crippen MR) is 259 cm³/mol. The molecule has 1 aliphatic heterocycles. The molecule has 1 saturated heterocycles. The number of unbranched alkanes of at least 4 members (excludes halogenated alkanes) is 9. The molecule has 402 valence electrons. The van der Waals surface area contributed by atoms with Crippen LogP contribution in [0.1, 0.15) is 128 Å². The monoisotopic (exact) mass is 1090 g/mol. The average Bonchev–Trinajstić information content (AvgIpc) is 3.97. The second-order valence-electron chi connectivity index (χ2n) is 17.9. The van der Waals surface area contributed by atoms with E-state index in [1.165, 1.54) is 57.9 Å². The molecule has 71 heavy (non-hydrogen) atoms. The van der Waals surface area contributed by atoms with Gasteiger partial charge in [-0.05, 0) is 37.8 Å². The van der Waals surface area contributed by atoms with E-state index in [2.05, 4.69) is 54.3 Å². The zero-order valence-corrected chi connectivity index (χ0v) is 44.0. The Balaban J connectivity index is 1.05. The molecule has 2 amide bonds. The lowest BCUT2D eigenvalue weighted by Crippen LogP contribution is -2.46. The topological polar surface area (TPSA) is 377 Å². The van der Waals surface area contributed by atoms with E-state index in [0.29, 0.717) is 12.2 Å². The van der Waals surface area contributed by atoms with Gasteiger partial charge in [0.15, 0.2) is 22.8 Å².